The van der Waals surface area contributed by atoms with Crippen LogP contribution in [0.1, 0.15) is 17.3 Å². The van der Waals surface area contributed by atoms with Gasteiger partial charge >= 0.3 is 0 Å². The maximum absolute atomic E-state index is 13.6. The maximum atomic E-state index is 13.6. The summed E-state index contributed by atoms with van der Waals surface area (Å²) >= 11 is 0. The highest BCUT2D eigenvalue weighted by molar-refractivity contribution is 5.98. The summed E-state index contributed by atoms with van der Waals surface area (Å²) in [5.41, 5.74) is 6.13. The summed E-state index contributed by atoms with van der Waals surface area (Å²) in [5, 5.41) is 2.60. The molecule has 0 spiro atoms. The summed E-state index contributed by atoms with van der Waals surface area (Å²) in [6.45, 7) is 2.27. The average Bonchev–Trinajstić information content (AvgIpc) is 2.39. The number of hydrogen-bond donors (Lipinski definition) is 2. The molecule has 0 saturated carbocycles. The Labute approximate surface area is 109 Å². The van der Waals surface area contributed by atoms with Crippen LogP contribution in [0.25, 0.3) is 11.4 Å². The van der Waals surface area contributed by atoms with Crippen molar-refractivity contribution in [2.75, 3.05) is 12.3 Å². The molecule has 0 fully saturated rings. The quantitative estimate of drug-likeness (QED) is 0.878. The first-order valence-electron chi connectivity index (χ1n) is 5.79. The second-order valence-corrected chi connectivity index (χ2v) is 3.83. The number of nitrogens with two attached hydrogens (primary N) is 1. The topological polar surface area (TPSA) is 80.9 Å². The highest BCUT2D eigenvalue weighted by Gasteiger charge is 2.14. The zero-order valence-corrected chi connectivity index (χ0v) is 10.4. The minimum atomic E-state index is -0.437. The zero-order chi connectivity index (χ0) is 13.8. The predicted octanol–water partition coefficient (Wildman–Crippen LogP) is 1.61. The molecule has 98 valence electrons. The Morgan fingerprint density at radius 1 is 1.42 bits per heavy atom. The molecule has 1 aromatic carbocycles. The van der Waals surface area contributed by atoms with Crippen molar-refractivity contribution in [2.45, 2.75) is 6.92 Å². The highest BCUT2D eigenvalue weighted by Crippen LogP contribution is 2.20. The van der Waals surface area contributed by atoms with Gasteiger partial charge in [0, 0.05) is 12.7 Å². The number of amides is 1. The first-order chi connectivity index (χ1) is 9.13. The third-order valence-electron chi connectivity index (χ3n) is 2.51. The van der Waals surface area contributed by atoms with E-state index in [9.17, 15) is 9.18 Å². The Balaban J connectivity index is 2.39. The Bertz CT molecular complexity index is 615. The molecule has 0 radical (unpaired) electrons. The number of benzene rings is 1. The van der Waals surface area contributed by atoms with Crippen LogP contribution < -0.4 is 11.1 Å². The van der Waals surface area contributed by atoms with Gasteiger partial charge in [0.15, 0.2) is 5.82 Å². The molecular weight excluding hydrogens is 247 g/mol. The predicted molar refractivity (Wildman–Crippen MR) is 69.8 cm³/mol. The first kappa shape index (κ1) is 12.9. The summed E-state index contributed by atoms with van der Waals surface area (Å²) < 4.78 is 13.6. The normalized spacial score (nSPS) is 10.2. The van der Waals surface area contributed by atoms with Crippen molar-refractivity contribution >= 4 is 11.7 Å². The molecular formula is C13H13FN4O. The maximum Gasteiger partial charge on any atom is 0.256 e. The molecule has 0 atom stereocenters. The fourth-order valence-corrected chi connectivity index (χ4v) is 1.60. The Morgan fingerprint density at radius 2 is 2.16 bits per heavy atom. The minimum absolute atomic E-state index is 0.0270. The van der Waals surface area contributed by atoms with E-state index in [0.717, 1.165) is 0 Å². The highest BCUT2D eigenvalue weighted by atomic mass is 19.1. The monoisotopic (exact) mass is 260 g/mol. The third-order valence-corrected chi connectivity index (χ3v) is 2.51. The van der Waals surface area contributed by atoms with Crippen molar-refractivity contribution < 1.29 is 9.18 Å². The van der Waals surface area contributed by atoms with E-state index >= 15 is 0 Å². The lowest BCUT2D eigenvalue weighted by atomic mass is 10.2. The van der Waals surface area contributed by atoms with E-state index in [1.54, 1.807) is 25.1 Å². The number of rotatable bonds is 3. The second-order valence-electron chi connectivity index (χ2n) is 3.83. The lowest BCUT2D eigenvalue weighted by Crippen LogP contribution is -2.24. The Hall–Kier alpha value is -2.50. The van der Waals surface area contributed by atoms with Crippen molar-refractivity contribution in [2.24, 2.45) is 0 Å². The van der Waals surface area contributed by atoms with Crippen LogP contribution in [0.3, 0.4) is 0 Å². The molecule has 5 nitrogen and oxygen atoms in total. The molecule has 1 heterocycles. The summed E-state index contributed by atoms with van der Waals surface area (Å²) in [6, 6.07) is 6.11. The van der Waals surface area contributed by atoms with Gasteiger partial charge in [-0.1, -0.05) is 12.1 Å². The number of carbonyl (C=O) groups is 1. The summed E-state index contributed by atoms with van der Waals surface area (Å²) in [6.07, 6.45) is 1.30. The number of nitrogens with one attached hydrogen (secondary N) is 1. The fraction of sp³-hybridized carbons (Fsp3) is 0.154. The summed E-state index contributed by atoms with van der Waals surface area (Å²) in [4.78, 5) is 19.6. The third kappa shape index (κ3) is 2.67. The molecule has 1 amide bonds. The number of halogens is 1. The number of anilines is 1. The van der Waals surface area contributed by atoms with Gasteiger partial charge in [-0.3, -0.25) is 4.79 Å². The van der Waals surface area contributed by atoms with Crippen LogP contribution in [-0.4, -0.2) is 22.4 Å². The van der Waals surface area contributed by atoms with E-state index in [-0.39, 0.29) is 28.7 Å². The first-order valence-corrected chi connectivity index (χ1v) is 5.79. The van der Waals surface area contributed by atoms with Gasteiger partial charge in [-0.2, -0.15) is 0 Å². The van der Waals surface area contributed by atoms with Crippen molar-refractivity contribution in [3.8, 4) is 11.4 Å². The fourth-order valence-electron chi connectivity index (χ4n) is 1.60. The van der Waals surface area contributed by atoms with Gasteiger partial charge < -0.3 is 11.1 Å². The number of aromatic nitrogens is 2. The molecule has 0 bridgehead atoms. The van der Waals surface area contributed by atoms with Gasteiger partial charge in [-0.25, -0.2) is 14.4 Å². The van der Waals surface area contributed by atoms with E-state index in [1.165, 1.54) is 12.3 Å². The number of carbonyl (C=O) groups excluding carboxylic acids is 1. The van der Waals surface area contributed by atoms with Crippen molar-refractivity contribution in [1.29, 1.82) is 0 Å². The van der Waals surface area contributed by atoms with E-state index in [0.29, 0.717) is 6.54 Å². The van der Waals surface area contributed by atoms with Gasteiger partial charge in [0.05, 0.1) is 11.1 Å². The number of nitrogens with zero attached hydrogens (tertiary/aromatic N) is 2. The van der Waals surface area contributed by atoms with Crippen molar-refractivity contribution in [3.05, 3.63) is 41.8 Å². The van der Waals surface area contributed by atoms with Crippen LogP contribution in [0, 0.1) is 5.82 Å². The van der Waals surface area contributed by atoms with Crippen LogP contribution in [0.5, 0.6) is 0 Å². The standard InChI is InChI=1S/C13H13FN4O/c1-2-16-13(19)9-7-17-12(18-11(9)15)8-5-3-4-6-10(8)14/h3-7H,2H2,1H3,(H,16,19)(H2,15,17,18). The Morgan fingerprint density at radius 3 is 2.79 bits per heavy atom. The molecule has 0 aliphatic rings. The van der Waals surface area contributed by atoms with Crippen LogP contribution in [-0.2, 0) is 0 Å². The van der Waals surface area contributed by atoms with E-state index in [1.807, 2.05) is 0 Å². The molecule has 2 aromatic rings. The van der Waals surface area contributed by atoms with Crippen LogP contribution in [0.15, 0.2) is 30.5 Å². The molecule has 0 aliphatic carbocycles. The van der Waals surface area contributed by atoms with Gasteiger partial charge in [0.1, 0.15) is 11.6 Å². The van der Waals surface area contributed by atoms with Gasteiger partial charge in [0.25, 0.3) is 5.91 Å². The lowest BCUT2D eigenvalue weighted by molar-refractivity contribution is 0.0956. The van der Waals surface area contributed by atoms with E-state index < -0.39 is 5.82 Å². The molecule has 3 N–H and O–H groups in total. The van der Waals surface area contributed by atoms with Crippen LogP contribution in [0.4, 0.5) is 10.2 Å². The van der Waals surface area contributed by atoms with E-state index in [4.69, 9.17) is 5.73 Å². The molecule has 19 heavy (non-hydrogen) atoms. The van der Waals surface area contributed by atoms with Gasteiger partial charge in [-0.05, 0) is 19.1 Å². The number of nitrogen functional groups attached to an aromatic ring is 1. The molecule has 0 aliphatic heterocycles. The largest absolute Gasteiger partial charge is 0.383 e. The molecule has 0 unspecified atom stereocenters. The minimum Gasteiger partial charge on any atom is -0.383 e. The molecule has 6 heteroatoms. The van der Waals surface area contributed by atoms with Gasteiger partial charge in [0.2, 0.25) is 0 Å². The van der Waals surface area contributed by atoms with Crippen molar-refractivity contribution in [3.63, 3.8) is 0 Å². The smallest absolute Gasteiger partial charge is 0.256 e. The molecule has 1 aromatic heterocycles. The summed E-state index contributed by atoms with van der Waals surface area (Å²) in [7, 11) is 0. The number of hydrogen-bond acceptors (Lipinski definition) is 4. The molecule has 2 rings (SSSR count). The van der Waals surface area contributed by atoms with E-state index in [2.05, 4.69) is 15.3 Å². The average molecular weight is 260 g/mol. The summed E-state index contributed by atoms with van der Waals surface area (Å²) in [5.74, 6) is -0.601. The SMILES string of the molecule is CCNC(=O)c1cnc(-c2ccccc2F)nc1N. The van der Waals surface area contributed by atoms with Crippen molar-refractivity contribution in [1.82, 2.24) is 15.3 Å². The van der Waals surface area contributed by atoms with Crippen LogP contribution in [0.2, 0.25) is 0 Å². The second kappa shape index (κ2) is 5.43. The lowest BCUT2D eigenvalue weighted by Gasteiger charge is -2.07. The van der Waals surface area contributed by atoms with Gasteiger partial charge in [-0.15, -0.1) is 0 Å². The Kier molecular flexibility index (Phi) is 3.70. The zero-order valence-electron chi connectivity index (χ0n) is 10.4. The molecule has 0 saturated heterocycles. The van der Waals surface area contributed by atoms with Crippen LogP contribution >= 0.6 is 0 Å².